The molecular formula is C8H13N3O2S. The van der Waals surface area contributed by atoms with E-state index in [-0.39, 0.29) is 5.25 Å². The van der Waals surface area contributed by atoms with Crippen LogP contribution in [0.3, 0.4) is 0 Å². The minimum Gasteiger partial charge on any atom is -0.494 e. The summed E-state index contributed by atoms with van der Waals surface area (Å²) < 4.78 is 4.90. The minimum absolute atomic E-state index is 0.136. The van der Waals surface area contributed by atoms with Gasteiger partial charge in [0.05, 0.1) is 19.5 Å². The summed E-state index contributed by atoms with van der Waals surface area (Å²) in [6.07, 6.45) is 2.27. The molecule has 6 heteroatoms. The summed E-state index contributed by atoms with van der Waals surface area (Å²) >= 11 is 1.08. The fourth-order valence-electron chi connectivity index (χ4n) is 0.869. The average molecular weight is 215 g/mol. The highest BCUT2D eigenvalue weighted by molar-refractivity contribution is 7.97. The lowest BCUT2D eigenvalue weighted by Gasteiger charge is -2.14. The van der Waals surface area contributed by atoms with Crippen LogP contribution in [0.2, 0.25) is 0 Å². The fourth-order valence-corrected chi connectivity index (χ4v) is 1.14. The zero-order chi connectivity index (χ0) is 10.6. The Hall–Kier alpha value is -0.850. The smallest absolute Gasteiger partial charge is 0.158 e. The molecule has 2 atom stereocenters. The number of nitrogens with two attached hydrogens (primary N) is 1. The largest absolute Gasteiger partial charge is 0.494 e. The van der Waals surface area contributed by atoms with Gasteiger partial charge in [-0.3, -0.25) is 5.14 Å². The molecule has 0 aliphatic rings. The lowest BCUT2D eigenvalue weighted by Crippen LogP contribution is -2.16. The second kappa shape index (κ2) is 5.14. The molecule has 3 N–H and O–H groups in total. The van der Waals surface area contributed by atoms with E-state index >= 15 is 0 Å². The standard InChI is InChI=1S/C8H13N3O2S/c1-5(14-9)7(12)8-10-3-6(13-2)4-11-8/h3-5,7,12H,9H2,1-2H3. The van der Waals surface area contributed by atoms with Crippen molar-refractivity contribution in [2.24, 2.45) is 5.14 Å². The Balaban J connectivity index is 2.75. The van der Waals surface area contributed by atoms with Crippen molar-refractivity contribution in [2.75, 3.05) is 7.11 Å². The van der Waals surface area contributed by atoms with Gasteiger partial charge in [0.15, 0.2) is 11.6 Å². The zero-order valence-corrected chi connectivity index (χ0v) is 8.86. The van der Waals surface area contributed by atoms with Crippen molar-refractivity contribution in [3.63, 3.8) is 0 Å². The summed E-state index contributed by atoms with van der Waals surface area (Å²) in [5, 5.41) is 14.9. The number of hydrogen-bond donors (Lipinski definition) is 2. The van der Waals surface area contributed by atoms with Crippen LogP contribution in [-0.2, 0) is 0 Å². The van der Waals surface area contributed by atoms with Crippen LogP contribution >= 0.6 is 11.9 Å². The second-order valence-corrected chi connectivity index (χ2v) is 3.78. The van der Waals surface area contributed by atoms with Gasteiger partial charge in [-0.25, -0.2) is 9.97 Å². The Morgan fingerprint density at radius 1 is 1.50 bits per heavy atom. The van der Waals surface area contributed by atoms with Gasteiger partial charge in [0, 0.05) is 5.25 Å². The molecule has 1 rings (SSSR count). The molecule has 0 aliphatic carbocycles. The zero-order valence-electron chi connectivity index (χ0n) is 8.04. The van der Waals surface area contributed by atoms with Gasteiger partial charge in [0.1, 0.15) is 6.10 Å². The highest BCUT2D eigenvalue weighted by Crippen LogP contribution is 2.20. The van der Waals surface area contributed by atoms with Gasteiger partial charge >= 0.3 is 0 Å². The molecular weight excluding hydrogens is 202 g/mol. The molecule has 14 heavy (non-hydrogen) atoms. The van der Waals surface area contributed by atoms with E-state index in [1.54, 1.807) is 0 Å². The first-order valence-corrected chi connectivity index (χ1v) is 5.03. The van der Waals surface area contributed by atoms with E-state index in [0.29, 0.717) is 11.6 Å². The second-order valence-electron chi connectivity index (χ2n) is 2.77. The Morgan fingerprint density at radius 2 is 2.07 bits per heavy atom. The van der Waals surface area contributed by atoms with Crippen molar-refractivity contribution in [3.05, 3.63) is 18.2 Å². The quantitative estimate of drug-likeness (QED) is 0.712. The number of rotatable bonds is 4. The highest BCUT2D eigenvalue weighted by Gasteiger charge is 2.18. The van der Waals surface area contributed by atoms with Crippen molar-refractivity contribution in [1.29, 1.82) is 0 Å². The van der Waals surface area contributed by atoms with E-state index in [2.05, 4.69) is 9.97 Å². The third-order valence-corrected chi connectivity index (χ3v) is 2.49. The molecule has 0 radical (unpaired) electrons. The molecule has 0 bridgehead atoms. The first kappa shape index (κ1) is 11.2. The van der Waals surface area contributed by atoms with E-state index in [9.17, 15) is 5.11 Å². The predicted molar refractivity (Wildman–Crippen MR) is 54.8 cm³/mol. The number of aliphatic hydroxyl groups excluding tert-OH is 1. The Kier molecular flexibility index (Phi) is 4.12. The monoisotopic (exact) mass is 215 g/mol. The van der Waals surface area contributed by atoms with Crippen LogP contribution in [0.25, 0.3) is 0 Å². The number of aromatic nitrogens is 2. The van der Waals surface area contributed by atoms with Crippen LogP contribution in [0.5, 0.6) is 5.75 Å². The van der Waals surface area contributed by atoms with Crippen LogP contribution in [0.15, 0.2) is 12.4 Å². The summed E-state index contributed by atoms with van der Waals surface area (Å²) in [7, 11) is 1.53. The summed E-state index contributed by atoms with van der Waals surface area (Å²) in [6.45, 7) is 1.81. The summed E-state index contributed by atoms with van der Waals surface area (Å²) in [5.74, 6) is 0.922. The molecule has 0 saturated carbocycles. The third-order valence-electron chi connectivity index (χ3n) is 1.81. The van der Waals surface area contributed by atoms with Gasteiger partial charge in [-0.1, -0.05) is 11.9 Å². The molecule has 0 aliphatic heterocycles. The first-order valence-electron chi connectivity index (χ1n) is 4.08. The van der Waals surface area contributed by atoms with Crippen molar-refractivity contribution >= 4 is 11.9 Å². The van der Waals surface area contributed by atoms with Crippen molar-refractivity contribution in [2.45, 2.75) is 18.3 Å². The normalized spacial score (nSPS) is 14.9. The molecule has 2 unspecified atom stereocenters. The van der Waals surface area contributed by atoms with Crippen molar-refractivity contribution < 1.29 is 9.84 Å². The Bertz CT molecular complexity index is 280. The third kappa shape index (κ3) is 2.57. The van der Waals surface area contributed by atoms with E-state index in [0.717, 1.165) is 11.9 Å². The molecule has 1 heterocycles. The van der Waals surface area contributed by atoms with E-state index in [1.807, 2.05) is 6.92 Å². The lowest BCUT2D eigenvalue weighted by atomic mass is 10.2. The van der Waals surface area contributed by atoms with E-state index in [1.165, 1.54) is 19.5 Å². The van der Waals surface area contributed by atoms with Gasteiger partial charge in [-0.15, -0.1) is 0 Å². The molecule has 0 amide bonds. The maximum atomic E-state index is 9.69. The maximum Gasteiger partial charge on any atom is 0.158 e. The Labute approximate surface area is 86.8 Å². The molecule has 0 fully saturated rings. The summed E-state index contributed by atoms with van der Waals surface area (Å²) in [6, 6.07) is 0. The number of nitrogens with zero attached hydrogens (tertiary/aromatic N) is 2. The number of methoxy groups -OCH3 is 1. The van der Waals surface area contributed by atoms with Gasteiger partial charge in [0.25, 0.3) is 0 Å². The van der Waals surface area contributed by atoms with Crippen LogP contribution < -0.4 is 9.88 Å². The molecule has 1 aromatic rings. The number of hydrogen-bond acceptors (Lipinski definition) is 6. The number of ether oxygens (including phenoxy) is 1. The number of aliphatic hydroxyl groups is 1. The maximum absolute atomic E-state index is 9.69. The summed E-state index contributed by atoms with van der Waals surface area (Å²) in [5.41, 5.74) is 0. The highest BCUT2D eigenvalue weighted by atomic mass is 32.2. The van der Waals surface area contributed by atoms with Gasteiger partial charge in [-0.2, -0.15) is 0 Å². The SMILES string of the molecule is COc1cnc(C(O)C(C)SN)nc1. The lowest BCUT2D eigenvalue weighted by molar-refractivity contribution is 0.169. The van der Waals surface area contributed by atoms with Gasteiger partial charge < -0.3 is 9.84 Å². The summed E-state index contributed by atoms with van der Waals surface area (Å²) in [4.78, 5) is 7.93. The molecule has 1 aromatic heterocycles. The molecule has 0 saturated heterocycles. The fraction of sp³-hybridized carbons (Fsp3) is 0.500. The van der Waals surface area contributed by atoms with Crippen LogP contribution in [0.4, 0.5) is 0 Å². The van der Waals surface area contributed by atoms with E-state index < -0.39 is 6.10 Å². The van der Waals surface area contributed by atoms with Gasteiger partial charge in [-0.05, 0) is 6.92 Å². The van der Waals surface area contributed by atoms with Crippen molar-refractivity contribution in [1.82, 2.24) is 9.97 Å². The van der Waals surface area contributed by atoms with Crippen LogP contribution in [0, 0.1) is 0 Å². The molecule has 0 spiro atoms. The average Bonchev–Trinajstić information content (AvgIpc) is 2.27. The topological polar surface area (TPSA) is 81.3 Å². The van der Waals surface area contributed by atoms with Gasteiger partial charge in [0.2, 0.25) is 0 Å². The van der Waals surface area contributed by atoms with E-state index in [4.69, 9.17) is 9.88 Å². The molecule has 5 nitrogen and oxygen atoms in total. The van der Waals surface area contributed by atoms with Crippen LogP contribution in [0.1, 0.15) is 18.9 Å². The Morgan fingerprint density at radius 3 is 2.50 bits per heavy atom. The molecule has 78 valence electrons. The van der Waals surface area contributed by atoms with Crippen LogP contribution in [-0.4, -0.2) is 27.4 Å². The molecule has 0 aromatic carbocycles. The predicted octanol–water partition coefficient (Wildman–Crippen LogP) is 0.514. The first-order chi connectivity index (χ1) is 6.69. The van der Waals surface area contributed by atoms with Crippen molar-refractivity contribution in [3.8, 4) is 5.75 Å². The minimum atomic E-state index is -0.754.